The van der Waals surface area contributed by atoms with Gasteiger partial charge in [0.1, 0.15) is 0 Å². The second kappa shape index (κ2) is 10.5. The maximum Gasteiger partial charge on any atom is 0.255 e. The zero-order chi connectivity index (χ0) is 17.4. The van der Waals surface area contributed by atoms with E-state index in [1.807, 2.05) is 38.1 Å². The van der Waals surface area contributed by atoms with Crippen LogP contribution in [0.5, 0.6) is 0 Å². The minimum atomic E-state index is -0.191. The van der Waals surface area contributed by atoms with Crippen LogP contribution in [0.25, 0.3) is 0 Å². The zero-order valence-corrected chi connectivity index (χ0v) is 15.3. The molecule has 2 amide bonds. The Balaban J connectivity index is 0.00000312. The molecule has 0 aliphatic rings. The lowest BCUT2D eigenvalue weighted by Crippen LogP contribution is -2.31. The highest BCUT2D eigenvalue weighted by Gasteiger charge is 2.11. The number of carbonyl (C=O) groups is 2. The van der Waals surface area contributed by atoms with Crippen molar-refractivity contribution in [3.8, 4) is 0 Å². The summed E-state index contributed by atoms with van der Waals surface area (Å²) in [5.41, 5.74) is 2.66. The lowest BCUT2D eigenvalue weighted by molar-refractivity contribution is 0.0952. The third-order valence-electron chi connectivity index (χ3n) is 3.62. The van der Waals surface area contributed by atoms with Crippen LogP contribution in [0.4, 0.5) is 5.69 Å². The van der Waals surface area contributed by atoms with Crippen LogP contribution in [0.1, 0.15) is 33.2 Å². The molecular weight excluding hydrogens is 338 g/mol. The first kappa shape index (κ1) is 20.7. The van der Waals surface area contributed by atoms with Crippen LogP contribution in [0, 0.1) is 6.92 Å². The number of hydrogen-bond acceptors (Lipinski definition) is 3. The molecule has 5 nitrogen and oxygen atoms in total. The van der Waals surface area contributed by atoms with Gasteiger partial charge in [-0.3, -0.25) is 9.59 Å². The third kappa shape index (κ3) is 6.21. The smallest absolute Gasteiger partial charge is 0.255 e. The van der Waals surface area contributed by atoms with Crippen molar-refractivity contribution in [1.29, 1.82) is 0 Å². The van der Waals surface area contributed by atoms with E-state index in [9.17, 15) is 9.59 Å². The Kier molecular flexibility index (Phi) is 8.67. The van der Waals surface area contributed by atoms with E-state index in [0.29, 0.717) is 23.4 Å². The van der Waals surface area contributed by atoms with Crippen LogP contribution in [-0.2, 0) is 0 Å². The maximum atomic E-state index is 12.3. The first-order valence-corrected chi connectivity index (χ1v) is 8.07. The topological polar surface area (TPSA) is 70.2 Å². The van der Waals surface area contributed by atoms with Crippen molar-refractivity contribution in [1.82, 2.24) is 10.6 Å². The van der Waals surface area contributed by atoms with Crippen LogP contribution in [0.2, 0.25) is 0 Å². The second-order valence-electron chi connectivity index (χ2n) is 5.46. The van der Waals surface area contributed by atoms with Crippen molar-refractivity contribution in [3.63, 3.8) is 0 Å². The first-order chi connectivity index (χ1) is 11.6. The van der Waals surface area contributed by atoms with Gasteiger partial charge in [0, 0.05) is 29.9 Å². The number of amides is 2. The highest BCUT2D eigenvalue weighted by molar-refractivity contribution is 6.05. The van der Waals surface area contributed by atoms with Gasteiger partial charge >= 0.3 is 0 Å². The molecule has 3 N–H and O–H groups in total. The van der Waals surface area contributed by atoms with E-state index in [2.05, 4.69) is 16.0 Å². The summed E-state index contributed by atoms with van der Waals surface area (Å²) >= 11 is 0. The minimum absolute atomic E-state index is 0. The molecule has 0 fully saturated rings. The SMILES string of the molecule is CCNCCNC(=O)c1ccc(C)c(NC(=O)c2ccccc2)c1.Cl. The first-order valence-electron chi connectivity index (χ1n) is 8.07. The van der Waals surface area contributed by atoms with Gasteiger partial charge in [0.2, 0.25) is 0 Å². The van der Waals surface area contributed by atoms with Crippen molar-refractivity contribution in [2.24, 2.45) is 0 Å². The standard InChI is InChI=1S/C19H23N3O2.ClH/c1-3-20-11-12-21-18(23)16-10-9-14(2)17(13-16)22-19(24)15-7-5-4-6-8-15;/h4-10,13,20H,3,11-12H2,1-2H3,(H,21,23)(H,22,24);1H. The maximum absolute atomic E-state index is 12.3. The Hall–Kier alpha value is -2.37. The van der Waals surface area contributed by atoms with Gasteiger partial charge in [0.05, 0.1) is 0 Å². The molecule has 2 aromatic rings. The highest BCUT2D eigenvalue weighted by Crippen LogP contribution is 2.18. The fourth-order valence-corrected chi connectivity index (χ4v) is 2.23. The van der Waals surface area contributed by atoms with Gasteiger partial charge in [-0.25, -0.2) is 0 Å². The molecule has 0 spiro atoms. The Morgan fingerprint density at radius 3 is 2.32 bits per heavy atom. The van der Waals surface area contributed by atoms with Gasteiger partial charge in [-0.15, -0.1) is 12.4 Å². The van der Waals surface area contributed by atoms with Crippen LogP contribution >= 0.6 is 12.4 Å². The van der Waals surface area contributed by atoms with Crippen molar-refractivity contribution >= 4 is 29.9 Å². The van der Waals surface area contributed by atoms with Gasteiger partial charge in [-0.1, -0.05) is 31.2 Å². The lowest BCUT2D eigenvalue weighted by atomic mass is 10.1. The minimum Gasteiger partial charge on any atom is -0.351 e. The van der Waals surface area contributed by atoms with Crippen molar-refractivity contribution in [2.45, 2.75) is 13.8 Å². The van der Waals surface area contributed by atoms with E-state index in [0.717, 1.165) is 18.7 Å². The molecule has 0 unspecified atom stereocenters. The summed E-state index contributed by atoms with van der Waals surface area (Å²) in [5, 5.41) is 8.87. The van der Waals surface area contributed by atoms with Gasteiger partial charge in [-0.05, 0) is 43.3 Å². The van der Waals surface area contributed by atoms with E-state index in [4.69, 9.17) is 0 Å². The fourth-order valence-electron chi connectivity index (χ4n) is 2.23. The molecule has 6 heteroatoms. The number of hydrogen-bond donors (Lipinski definition) is 3. The second-order valence-corrected chi connectivity index (χ2v) is 5.46. The summed E-state index contributed by atoms with van der Waals surface area (Å²) in [6.07, 6.45) is 0. The zero-order valence-electron chi connectivity index (χ0n) is 14.5. The molecule has 134 valence electrons. The average molecular weight is 362 g/mol. The van der Waals surface area contributed by atoms with Crippen molar-refractivity contribution in [3.05, 3.63) is 65.2 Å². The molecule has 0 saturated heterocycles. The highest BCUT2D eigenvalue weighted by atomic mass is 35.5. The van der Waals surface area contributed by atoms with Crippen molar-refractivity contribution in [2.75, 3.05) is 25.0 Å². The third-order valence-corrected chi connectivity index (χ3v) is 3.62. The lowest BCUT2D eigenvalue weighted by Gasteiger charge is -2.11. The number of anilines is 1. The normalized spacial score (nSPS) is 9.84. The average Bonchev–Trinajstić information content (AvgIpc) is 2.61. The van der Waals surface area contributed by atoms with Crippen LogP contribution in [0.15, 0.2) is 48.5 Å². The summed E-state index contributed by atoms with van der Waals surface area (Å²) < 4.78 is 0. The molecule has 2 rings (SSSR count). The molecule has 0 aliphatic heterocycles. The van der Waals surface area contributed by atoms with Crippen LogP contribution < -0.4 is 16.0 Å². The molecule has 0 radical (unpaired) electrons. The number of likely N-dealkylation sites (N-methyl/N-ethyl adjacent to an activating group) is 1. The monoisotopic (exact) mass is 361 g/mol. The predicted molar refractivity (Wildman–Crippen MR) is 104 cm³/mol. The number of halogens is 1. The van der Waals surface area contributed by atoms with E-state index in [-0.39, 0.29) is 24.2 Å². The molecule has 0 atom stereocenters. The number of nitrogens with one attached hydrogen (secondary N) is 3. The summed E-state index contributed by atoms with van der Waals surface area (Å²) in [6, 6.07) is 14.3. The number of rotatable bonds is 7. The molecule has 0 saturated carbocycles. The Labute approximate surface area is 154 Å². The fraction of sp³-hybridized carbons (Fsp3) is 0.263. The number of aryl methyl sites for hydroxylation is 1. The number of benzene rings is 2. The van der Waals surface area contributed by atoms with Gasteiger partial charge in [-0.2, -0.15) is 0 Å². The van der Waals surface area contributed by atoms with Crippen molar-refractivity contribution < 1.29 is 9.59 Å². The summed E-state index contributed by atoms with van der Waals surface area (Å²) in [7, 11) is 0. The van der Waals surface area contributed by atoms with E-state index in [1.54, 1.807) is 24.3 Å². The Morgan fingerprint density at radius 2 is 1.64 bits per heavy atom. The molecule has 0 bridgehead atoms. The molecule has 0 heterocycles. The van der Waals surface area contributed by atoms with Gasteiger partial charge in [0.15, 0.2) is 0 Å². The molecule has 0 aliphatic carbocycles. The molecule has 25 heavy (non-hydrogen) atoms. The molecular formula is C19H24ClN3O2. The summed E-state index contributed by atoms with van der Waals surface area (Å²) in [5.74, 6) is -0.341. The largest absolute Gasteiger partial charge is 0.351 e. The summed E-state index contributed by atoms with van der Waals surface area (Å²) in [6.45, 7) is 6.07. The number of carbonyl (C=O) groups excluding carboxylic acids is 2. The van der Waals surface area contributed by atoms with Crippen LogP contribution in [0.3, 0.4) is 0 Å². The Morgan fingerprint density at radius 1 is 0.920 bits per heavy atom. The summed E-state index contributed by atoms with van der Waals surface area (Å²) in [4.78, 5) is 24.4. The van der Waals surface area contributed by atoms with Gasteiger partial charge < -0.3 is 16.0 Å². The van der Waals surface area contributed by atoms with E-state index < -0.39 is 0 Å². The van der Waals surface area contributed by atoms with Crippen LogP contribution in [-0.4, -0.2) is 31.4 Å². The Bertz CT molecular complexity index is 705. The predicted octanol–water partition coefficient (Wildman–Crippen LogP) is 3.01. The quantitative estimate of drug-likeness (QED) is 0.664. The molecule has 2 aromatic carbocycles. The van der Waals surface area contributed by atoms with E-state index >= 15 is 0 Å². The van der Waals surface area contributed by atoms with Gasteiger partial charge in [0.25, 0.3) is 11.8 Å². The molecule has 0 aromatic heterocycles. The van der Waals surface area contributed by atoms with E-state index in [1.165, 1.54) is 0 Å².